The molecule has 0 radical (unpaired) electrons. The first-order chi connectivity index (χ1) is 7.33. The topological polar surface area (TPSA) is 35.5 Å². The molecule has 0 bridgehead atoms. The number of halogens is 3. The van der Waals surface area contributed by atoms with Gasteiger partial charge in [-0.15, -0.1) is 0 Å². The fourth-order valence-corrected chi connectivity index (χ4v) is 0.913. The van der Waals surface area contributed by atoms with Crippen LogP contribution < -0.4 is 0 Å². The molecule has 0 rings (SSSR count). The van der Waals surface area contributed by atoms with Gasteiger partial charge in [-0.25, -0.2) is 0 Å². The van der Waals surface area contributed by atoms with E-state index in [0.717, 1.165) is 12.4 Å². The fraction of sp³-hybridized carbons (Fsp3) is 0.600. The minimum atomic E-state index is -4.56. The van der Waals surface area contributed by atoms with E-state index in [1.54, 1.807) is 12.8 Å². The maximum absolute atomic E-state index is 11.6. The van der Waals surface area contributed by atoms with E-state index in [4.69, 9.17) is 4.74 Å². The quantitative estimate of drug-likeness (QED) is 0.336. The van der Waals surface area contributed by atoms with Gasteiger partial charge in [0.15, 0.2) is 0 Å². The van der Waals surface area contributed by atoms with Crippen LogP contribution in [-0.4, -0.2) is 25.0 Å². The summed E-state index contributed by atoms with van der Waals surface area (Å²) < 4.78 is 44.2. The van der Waals surface area contributed by atoms with Crippen LogP contribution in [0.4, 0.5) is 13.2 Å². The molecule has 0 N–H and O–H groups in total. The van der Waals surface area contributed by atoms with E-state index in [2.05, 4.69) is 11.7 Å². The SMILES string of the molecule is [CH2-]C(CCC)(O[C-]=O)OCC#CC(F)(F)F.[U+2]. The van der Waals surface area contributed by atoms with Crippen LogP contribution in [0.5, 0.6) is 0 Å². The van der Waals surface area contributed by atoms with Gasteiger partial charge in [0.25, 0.3) is 0 Å². The molecule has 0 aliphatic carbocycles. The van der Waals surface area contributed by atoms with Crippen molar-refractivity contribution >= 4 is 6.47 Å². The number of ether oxygens (including phenoxy) is 2. The molecule has 3 nitrogen and oxygen atoms in total. The van der Waals surface area contributed by atoms with Crippen molar-refractivity contribution in [1.29, 1.82) is 0 Å². The monoisotopic (exact) mass is 474 g/mol. The molecule has 0 saturated heterocycles. The number of alkyl halides is 3. The average Bonchev–Trinajstić information content (AvgIpc) is 2.12. The molecular weight excluding hydrogens is 463 g/mol. The van der Waals surface area contributed by atoms with E-state index in [0.29, 0.717) is 6.42 Å². The zero-order chi connectivity index (χ0) is 12.7. The van der Waals surface area contributed by atoms with Crippen molar-refractivity contribution < 1.29 is 58.6 Å². The van der Waals surface area contributed by atoms with E-state index in [1.165, 1.54) is 0 Å². The molecule has 0 spiro atoms. The summed E-state index contributed by atoms with van der Waals surface area (Å²) in [6, 6.07) is 0. The fourth-order valence-electron chi connectivity index (χ4n) is 0.913. The second kappa shape index (κ2) is 8.86. The maximum Gasteiger partial charge on any atom is 2.00 e. The molecule has 0 aliphatic heterocycles. The Morgan fingerprint density at radius 2 is 2.00 bits per heavy atom. The normalized spacial score (nSPS) is 13.7. The van der Waals surface area contributed by atoms with Crippen LogP contribution in [0.15, 0.2) is 0 Å². The van der Waals surface area contributed by atoms with Crippen LogP contribution in [0.2, 0.25) is 0 Å². The van der Waals surface area contributed by atoms with E-state index >= 15 is 0 Å². The Morgan fingerprint density at radius 3 is 2.41 bits per heavy atom. The van der Waals surface area contributed by atoms with Crippen LogP contribution in [0, 0.1) is 49.9 Å². The molecule has 0 amide bonds. The Hall–Kier alpha value is -0.168. The van der Waals surface area contributed by atoms with Gasteiger partial charge in [0.2, 0.25) is 0 Å². The Bertz CT molecular complexity index is 283. The molecule has 0 saturated carbocycles. The van der Waals surface area contributed by atoms with Crippen LogP contribution in [0.1, 0.15) is 19.8 Å². The van der Waals surface area contributed by atoms with Gasteiger partial charge in [0, 0.05) is 11.7 Å². The Kier molecular flexibility index (Phi) is 9.99. The van der Waals surface area contributed by atoms with Crippen molar-refractivity contribution in [3.8, 4) is 11.8 Å². The minimum absolute atomic E-state index is 0. The summed E-state index contributed by atoms with van der Waals surface area (Å²) in [6.45, 7) is 5.82. The van der Waals surface area contributed by atoms with Crippen molar-refractivity contribution in [3.63, 3.8) is 0 Å². The summed E-state index contributed by atoms with van der Waals surface area (Å²) in [5.74, 6) is 1.26. The van der Waals surface area contributed by atoms with Gasteiger partial charge in [-0.1, -0.05) is 25.7 Å². The van der Waals surface area contributed by atoms with Gasteiger partial charge >= 0.3 is 37.3 Å². The molecule has 0 heterocycles. The minimum Gasteiger partial charge on any atom is -0.652 e. The number of rotatable bonds is 6. The first-order valence-electron chi connectivity index (χ1n) is 4.44. The summed E-state index contributed by atoms with van der Waals surface area (Å²) in [7, 11) is 0. The van der Waals surface area contributed by atoms with E-state index in [-0.39, 0.29) is 37.5 Å². The molecule has 1 atom stereocenters. The maximum atomic E-state index is 11.6. The van der Waals surface area contributed by atoms with E-state index in [1.807, 2.05) is 0 Å². The predicted octanol–water partition coefficient (Wildman–Crippen LogP) is 1.98. The van der Waals surface area contributed by atoms with Crippen molar-refractivity contribution in [2.45, 2.75) is 31.7 Å². The second-order valence-corrected chi connectivity index (χ2v) is 2.93. The average molecular weight is 474 g/mol. The van der Waals surface area contributed by atoms with Crippen molar-refractivity contribution in [2.75, 3.05) is 6.61 Å². The van der Waals surface area contributed by atoms with Gasteiger partial charge in [0.1, 0.15) is 6.61 Å². The molecule has 94 valence electrons. The Balaban J connectivity index is 0. The third-order valence-corrected chi connectivity index (χ3v) is 1.50. The third-order valence-electron chi connectivity index (χ3n) is 1.50. The van der Waals surface area contributed by atoms with Crippen LogP contribution in [-0.2, 0) is 14.3 Å². The van der Waals surface area contributed by atoms with Gasteiger partial charge in [-0.3, -0.25) is 6.92 Å². The van der Waals surface area contributed by atoms with E-state index < -0.39 is 18.6 Å². The van der Waals surface area contributed by atoms with Crippen LogP contribution >= 0.6 is 0 Å². The number of carbonyl (C=O) groups excluding carboxylic acids is 1. The molecule has 0 aromatic carbocycles. The molecule has 0 aliphatic rings. The zero-order valence-corrected chi connectivity index (χ0v) is 13.4. The molecule has 1 unspecified atom stereocenters. The number of hydrogen-bond acceptors (Lipinski definition) is 3. The summed E-state index contributed by atoms with van der Waals surface area (Å²) in [6.07, 6.45) is -3.73. The summed E-state index contributed by atoms with van der Waals surface area (Å²) >= 11 is 0. The smallest absolute Gasteiger partial charge is 0.652 e. The standard InChI is InChI=1S/C10H11F3O3.U/c1-3-5-9(2,16-8-14)15-7-4-6-10(11,12)13;/h2-3,5,7H2,1H3;/q-2;+2. The van der Waals surface area contributed by atoms with Gasteiger partial charge in [-0.2, -0.15) is 13.2 Å². The Labute approximate surface area is 122 Å². The predicted molar refractivity (Wildman–Crippen MR) is 49.6 cm³/mol. The first-order valence-corrected chi connectivity index (χ1v) is 4.44. The van der Waals surface area contributed by atoms with Crippen LogP contribution in [0.25, 0.3) is 0 Å². The summed E-state index contributed by atoms with van der Waals surface area (Å²) in [5.41, 5.74) is 0. The Morgan fingerprint density at radius 1 is 1.41 bits per heavy atom. The third kappa shape index (κ3) is 10.7. The number of hydrogen-bond donors (Lipinski definition) is 0. The summed E-state index contributed by atoms with van der Waals surface area (Å²) in [4.78, 5) is 10.0. The largest absolute Gasteiger partial charge is 2.00 e. The molecule has 0 fully saturated rings. The van der Waals surface area contributed by atoms with Crippen molar-refractivity contribution in [1.82, 2.24) is 0 Å². The van der Waals surface area contributed by atoms with Gasteiger partial charge < -0.3 is 14.3 Å². The zero-order valence-electron chi connectivity index (χ0n) is 9.19. The van der Waals surface area contributed by atoms with Gasteiger partial charge in [-0.05, 0) is 6.42 Å². The second-order valence-electron chi connectivity index (χ2n) is 2.93. The van der Waals surface area contributed by atoms with Crippen molar-refractivity contribution in [2.24, 2.45) is 0 Å². The van der Waals surface area contributed by atoms with E-state index in [9.17, 15) is 18.0 Å². The first kappa shape index (κ1) is 19.2. The van der Waals surface area contributed by atoms with Crippen LogP contribution in [0.3, 0.4) is 0 Å². The summed E-state index contributed by atoms with van der Waals surface area (Å²) in [5, 5.41) is 0. The molecular formula is C10H11F3O3U. The molecule has 7 heteroatoms. The molecule has 0 aromatic heterocycles. The van der Waals surface area contributed by atoms with Crippen molar-refractivity contribution in [3.05, 3.63) is 6.92 Å². The molecule has 0 aromatic rings. The molecule has 17 heavy (non-hydrogen) atoms. The van der Waals surface area contributed by atoms with Gasteiger partial charge in [0.05, 0.1) is 0 Å².